The third-order valence-electron chi connectivity index (χ3n) is 3.17. The molecule has 136 valence electrons. The fourth-order valence-electron chi connectivity index (χ4n) is 1.87. The van der Waals surface area contributed by atoms with Crippen LogP contribution in [0.15, 0.2) is 0 Å². The van der Waals surface area contributed by atoms with Gasteiger partial charge < -0.3 is 9.29 Å². The van der Waals surface area contributed by atoms with Crippen LogP contribution in [0.2, 0.25) is 0 Å². The summed E-state index contributed by atoms with van der Waals surface area (Å²) < 4.78 is 37.2. The summed E-state index contributed by atoms with van der Waals surface area (Å²) in [5, 5.41) is 0. The quantitative estimate of drug-likeness (QED) is 0.217. The molecule has 0 rings (SSSR count). The van der Waals surface area contributed by atoms with Gasteiger partial charge in [0.05, 0.1) is 31.7 Å². The molecule has 0 amide bonds. The highest BCUT2D eigenvalue weighted by molar-refractivity contribution is 7.80. The lowest BCUT2D eigenvalue weighted by Crippen LogP contribution is -2.08. The third-order valence-corrected chi connectivity index (χ3v) is 6.80. The van der Waals surface area contributed by atoms with Gasteiger partial charge in [0.15, 0.2) is 0 Å². The van der Waals surface area contributed by atoms with Gasteiger partial charge in [-0.1, -0.05) is 40.0 Å². The maximum Gasteiger partial charge on any atom is 0.217 e. The number of hydrogen-bond acceptors (Lipinski definition) is 5. The minimum Gasteiger partial charge on any atom is -0.726 e. The van der Waals surface area contributed by atoms with E-state index < -0.39 is 10.4 Å². The third kappa shape index (κ3) is 22.5. The molecule has 0 fully saturated rings. The first kappa shape index (κ1) is 24.5. The Labute approximate surface area is 138 Å². The lowest BCUT2D eigenvalue weighted by molar-refractivity contribution is 0.139. The maximum absolute atomic E-state index is 9.67. The molecule has 0 saturated carbocycles. The molecule has 0 aromatic rings. The van der Waals surface area contributed by atoms with E-state index in [4.69, 9.17) is 0 Å². The summed E-state index contributed by atoms with van der Waals surface area (Å²) in [6, 6.07) is 0. The van der Waals surface area contributed by atoms with Crippen LogP contribution in [0.4, 0.5) is 0 Å². The molecule has 5 nitrogen and oxygen atoms in total. The van der Waals surface area contributed by atoms with Gasteiger partial charge in [-0.2, -0.15) is 0 Å². The van der Waals surface area contributed by atoms with Crippen LogP contribution in [-0.4, -0.2) is 51.8 Å². The summed E-state index contributed by atoms with van der Waals surface area (Å²) >= 11 is 0. The van der Waals surface area contributed by atoms with Crippen LogP contribution < -0.4 is 0 Å². The van der Waals surface area contributed by atoms with Crippen molar-refractivity contribution < 1.29 is 21.9 Å². The Morgan fingerprint density at radius 3 is 1.55 bits per heavy atom. The summed E-state index contributed by atoms with van der Waals surface area (Å²) in [7, 11) is -3.08. The van der Waals surface area contributed by atoms with Gasteiger partial charge in [0.1, 0.15) is 0 Å². The summed E-state index contributed by atoms with van der Waals surface area (Å²) in [5.74, 6) is 0. The molecule has 0 aromatic carbocycles. The highest BCUT2D eigenvalue weighted by Gasteiger charge is 2.12. The van der Waals surface area contributed by atoms with Crippen LogP contribution in [0.1, 0.15) is 59.3 Å². The molecule has 0 bridgehead atoms. The van der Waals surface area contributed by atoms with Crippen molar-refractivity contribution >= 4 is 18.3 Å². The van der Waals surface area contributed by atoms with Gasteiger partial charge in [0, 0.05) is 15.0 Å². The molecule has 0 saturated heterocycles. The first-order chi connectivity index (χ1) is 10.4. The Bertz CT molecular complexity index is 290. The van der Waals surface area contributed by atoms with E-state index in [2.05, 4.69) is 29.7 Å². The van der Waals surface area contributed by atoms with Gasteiger partial charge in [-0.3, -0.25) is 4.18 Å². The second-order valence-electron chi connectivity index (χ2n) is 5.28. The predicted molar refractivity (Wildman–Crippen MR) is 95.2 cm³/mol. The van der Waals surface area contributed by atoms with E-state index in [1.807, 2.05) is 0 Å². The molecule has 0 unspecified atom stereocenters. The zero-order valence-corrected chi connectivity index (χ0v) is 16.5. The zero-order chi connectivity index (χ0) is 17.3. The molecule has 22 heavy (non-hydrogen) atoms. The summed E-state index contributed by atoms with van der Waals surface area (Å²) in [5.41, 5.74) is 0. The van der Waals surface area contributed by atoms with E-state index in [1.54, 1.807) is 18.5 Å². The number of rotatable bonds is 13. The predicted octanol–water partition coefficient (Wildman–Crippen LogP) is 3.71. The summed E-state index contributed by atoms with van der Waals surface area (Å²) in [6.45, 7) is 6.83. The van der Waals surface area contributed by atoms with Gasteiger partial charge in [-0.15, -0.1) is 0 Å². The smallest absolute Gasteiger partial charge is 0.217 e. The number of hydrogen-bond donors (Lipinski definition) is 0. The van der Waals surface area contributed by atoms with E-state index >= 15 is 0 Å². The summed E-state index contributed by atoms with van der Waals surface area (Å²) in [6.07, 6.45) is 13.4. The van der Waals surface area contributed by atoms with Crippen molar-refractivity contribution in [1.29, 1.82) is 0 Å². The number of ether oxygens (including phenoxy) is 1. The molecule has 0 aliphatic heterocycles. The molecule has 0 N–H and O–H groups in total. The normalized spacial score (nSPS) is 11.4. The molecule has 0 spiro atoms. The fourth-order valence-corrected chi connectivity index (χ4v) is 5.46. The average Bonchev–Trinajstić information content (AvgIpc) is 2.46. The van der Waals surface area contributed by atoms with Gasteiger partial charge in [0.25, 0.3) is 0 Å². The molecule has 0 aromatic heterocycles. The van der Waals surface area contributed by atoms with E-state index in [1.165, 1.54) is 45.6 Å². The first-order valence-electron chi connectivity index (χ1n) is 8.33. The summed E-state index contributed by atoms with van der Waals surface area (Å²) in [4.78, 5) is 0. The molecule has 0 atom stereocenters. The molecule has 7 heteroatoms. The maximum atomic E-state index is 9.67. The Morgan fingerprint density at radius 2 is 1.27 bits per heavy atom. The van der Waals surface area contributed by atoms with Crippen molar-refractivity contribution in [3.05, 3.63) is 0 Å². The van der Waals surface area contributed by atoms with E-state index in [0.29, 0.717) is 0 Å². The van der Waals surface area contributed by atoms with Crippen molar-refractivity contribution in [1.82, 2.24) is 0 Å². The Hall–Kier alpha value is 0.260. The van der Waals surface area contributed by atoms with Crippen LogP contribution in [0.3, 0.4) is 0 Å². The standard InChI is InChI=1S/C12H27P.C3H8O5S/c1-4-7-10-13(11-8-5-2)12-9-6-3;1-7-2-3-8-9(4,5)6/h4-12H2,1-3H3;2-3H2,1H3,(H,4,5,6). The van der Waals surface area contributed by atoms with Crippen LogP contribution in [0, 0.1) is 0 Å². The monoisotopic (exact) mass is 358 g/mol. The van der Waals surface area contributed by atoms with Crippen molar-refractivity contribution in [2.45, 2.75) is 59.3 Å². The Kier molecular flexibility index (Phi) is 19.6. The highest BCUT2D eigenvalue weighted by atomic mass is 32.3. The first-order valence-corrected chi connectivity index (χ1v) is 11.8. The van der Waals surface area contributed by atoms with Gasteiger partial charge in [-0.25, -0.2) is 8.42 Å². The lowest BCUT2D eigenvalue weighted by atomic mass is 10.4. The molecule has 0 aliphatic carbocycles. The zero-order valence-electron chi connectivity index (χ0n) is 14.7. The molecule has 0 radical (unpaired) electrons. The average molecular weight is 358 g/mol. The van der Waals surface area contributed by atoms with Crippen molar-refractivity contribution in [2.75, 3.05) is 38.8 Å². The SMILES string of the molecule is CCCC[PH+](CCCC)CCCC.COCCOS(=O)(=O)[O-]. The molecular formula is C15H35O5PS. The Morgan fingerprint density at radius 1 is 0.864 bits per heavy atom. The van der Waals surface area contributed by atoms with Gasteiger partial charge in [-0.05, 0) is 19.3 Å². The Balaban J connectivity index is 0. The van der Waals surface area contributed by atoms with Crippen LogP contribution in [0.25, 0.3) is 0 Å². The topological polar surface area (TPSA) is 75.7 Å². The number of unbranched alkanes of at least 4 members (excludes halogenated alkanes) is 3. The molecular weight excluding hydrogens is 323 g/mol. The minimum atomic E-state index is -4.53. The largest absolute Gasteiger partial charge is 0.726 e. The van der Waals surface area contributed by atoms with Gasteiger partial charge in [0.2, 0.25) is 10.4 Å². The van der Waals surface area contributed by atoms with E-state index in [9.17, 15) is 13.0 Å². The lowest BCUT2D eigenvalue weighted by Gasteiger charge is -2.09. The van der Waals surface area contributed by atoms with E-state index in [0.717, 1.165) is 0 Å². The highest BCUT2D eigenvalue weighted by Crippen LogP contribution is 2.38. The van der Waals surface area contributed by atoms with Crippen LogP contribution in [0.5, 0.6) is 0 Å². The van der Waals surface area contributed by atoms with Crippen LogP contribution in [-0.2, 0) is 19.3 Å². The molecule has 0 heterocycles. The fraction of sp³-hybridized carbons (Fsp3) is 1.00. The van der Waals surface area contributed by atoms with Gasteiger partial charge >= 0.3 is 0 Å². The number of methoxy groups -OCH3 is 1. The minimum absolute atomic E-state index is 0.0675. The molecule has 0 aliphatic rings. The van der Waals surface area contributed by atoms with Crippen LogP contribution >= 0.6 is 7.92 Å². The van der Waals surface area contributed by atoms with Crippen molar-refractivity contribution in [3.8, 4) is 0 Å². The second-order valence-corrected chi connectivity index (χ2v) is 9.34. The second kappa shape index (κ2) is 17.6. The van der Waals surface area contributed by atoms with Crippen molar-refractivity contribution in [3.63, 3.8) is 0 Å². The van der Waals surface area contributed by atoms with E-state index in [-0.39, 0.29) is 21.1 Å². The van der Waals surface area contributed by atoms with Crippen molar-refractivity contribution in [2.24, 2.45) is 0 Å².